The van der Waals surface area contributed by atoms with Gasteiger partial charge in [0.05, 0.1) is 0 Å². The van der Waals surface area contributed by atoms with E-state index >= 15 is 0 Å². The van der Waals surface area contributed by atoms with Crippen molar-refractivity contribution in [3.05, 3.63) is 95.1 Å². The van der Waals surface area contributed by atoms with Crippen molar-refractivity contribution in [1.29, 1.82) is 0 Å². The summed E-state index contributed by atoms with van der Waals surface area (Å²) < 4.78 is 11.4. The predicted octanol–water partition coefficient (Wildman–Crippen LogP) is 4.24. The summed E-state index contributed by atoms with van der Waals surface area (Å²) >= 11 is 0. The van der Waals surface area contributed by atoms with Crippen molar-refractivity contribution in [3.8, 4) is 11.5 Å². The van der Waals surface area contributed by atoms with Gasteiger partial charge in [-0.3, -0.25) is 0 Å². The Balaban J connectivity index is 1.74. The first-order valence-corrected chi connectivity index (χ1v) is 8.53. The summed E-state index contributed by atoms with van der Waals surface area (Å²) in [7, 11) is 0. The van der Waals surface area contributed by atoms with Crippen molar-refractivity contribution >= 4 is 11.9 Å². The van der Waals surface area contributed by atoms with Crippen LogP contribution in [0.1, 0.15) is 31.8 Å². The maximum Gasteiger partial charge on any atom is 0.339 e. The molecule has 28 heavy (non-hydrogen) atoms. The van der Waals surface area contributed by atoms with E-state index < -0.39 is 11.9 Å². The topological polar surface area (TPSA) is 93.1 Å². The second kappa shape index (κ2) is 8.73. The van der Waals surface area contributed by atoms with Gasteiger partial charge in [0.2, 0.25) is 0 Å². The number of aromatic carboxylic acids is 2. The molecule has 0 unspecified atom stereocenters. The van der Waals surface area contributed by atoms with Gasteiger partial charge in [0.1, 0.15) is 35.8 Å². The van der Waals surface area contributed by atoms with Crippen LogP contribution in [0.2, 0.25) is 0 Å². The first kappa shape index (κ1) is 19.0. The van der Waals surface area contributed by atoms with Crippen LogP contribution >= 0.6 is 0 Å². The Morgan fingerprint density at radius 3 is 1.36 bits per heavy atom. The van der Waals surface area contributed by atoms with Crippen LogP contribution in [0.5, 0.6) is 11.5 Å². The molecule has 2 N–H and O–H groups in total. The third-order valence-electron chi connectivity index (χ3n) is 4.12. The molecule has 0 spiro atoms. The van der Waals surface area contributed by atoms with Crippen LogP contribution in [0, 0.1) is 0 Å². The number of hydrogen-bond acceptors (Lipinski definition) is 4. The standard InChI is InChI=1S/C22H18O6/c23-21(24)17-9-3-5-11-19(17)27-13-15-7-1-2-8-16(15)14-28-20-12-6-4-10-18(20)22(25)26/h1-12H,13-14H2,(H,23,24)(H,25,26). The molecular weight excluding hydrogens is 360 g/mol. The Hall–Kier alpha value is -3.80. The summed E-state index contributed by atoms with van der Waals surface area (Å²) in [6.07, 6.45) is 0. The van der Waals surface area contributed by atoms with E-state index in [-0.39, 0.29) is 35.8 Å². The predicted molar refractivity (Wildman–Crippen MR) is 102 cm³/mol. The van der Waals surface area contributed by atoms with Gasteiger partial charge in [-0.25, -0.2) is 9.59 Å². The molecule has 0 amide bonds. The molecule has 0 heterocycles. The van der Waals surface area contributed by atoms with E-state index in [1.807, 2.05) is 24.3 Å². The quantitative estimate of drug-likeness (QED) is 0.609. The number of ether oxygens (including phenoxy) is 2. The number of para-hydroxylation sites is 2. The fourth-order valence-corrected chi connectivity index (χ4v) is 2.69. The Morgan fingerprint density at radius 1 is 0.607 bits per heavy atom. The number of carbonyl (C=O) groups is 2. The molecule has 0 radical (unpaired) electrons. The van der Waals surface area contributed by atoms with Gasteiger partial charge in [0.15, 0.2) is 0 Å². The molecule has 0 bridgehead atoms. The van der Waals surface area contributed by atoms with E-state index in [0.29, 0.717) is 0 Å². The minimum absolute atomic E-state index is 0.0895. The molecule has 0 atom stereocenters. The van der Waals surface area contributed by atoms with Crippen LogP contribution in [0.25, 0.3) is 0 Å². The largest absolute Gasteiger partial charge is 0.488 e. The Kier molecular flexibility index (Phi) is 5.91. The molecule has 0 fully saturated rings. The van der Waals surface area contributed by atoms with Crippen LogP contribution in [-0.4, -0.2) is 22.2 Å². The zero-order valence-electron chi connectivity index (χ0n) is 14.9. The third-order valence-corrected chi connectivity index (χ3v) is 4.12. The lowest BCUT2D eigenvalue weighted by molar-refractivity contribution is 0.0680. The molecule has 6 heteroatoms. The molecule has 0 saturated carbocycles. The zero-order valence-corrected chi connectivity index (χ0v) is 14.9. The summed E-state index contributed by atoms with van der Waals surface area (Å²) in [4.78, 5) is 22.6. The van der Waals surface area contributed by atoms with Crippen LogP contribution in [-0.2, 0) is 13.2 Å². The summed E-state index contributed by atoms with van der Waals surface area (Å²) in [6, 6.07) is 20.3. The smallest absolute Gasteiger partial charge is 0.339 e. The van der Waals surface area contributed by atoms with E-state index in [2.05, 4.69) is 0 Å². The summed E-state index contributed by atoms with van der Waals surface area (Å²) in [5, 5.41) is 18.5. The van der Waals surface area contributed by atoms with Crippen molar-refractivity contribution < 1.29 is 29.3 Å². The van der Waals surface area contributed by atoms with Gasteiger partial charge in [0, 0.05) is 0 Å². The lowest BCUT2D eigenvalue weighted by atomic mass is 10.1. The van der Waals surface area contributed by atoms with Crippen molar-refractivity contribution in [2.45, 2.75) is 13.2 Å². The highest BCUT2D eigenvalue weighted by molar-refractivity contribution is 5.91. The number of hydrogen-bond donors (Lipinski definition) is 2. The Morgan fingerprint density at radius 2 is 0.964 bits per heavy atom. The lowest BCUT2D eigenvalue weighted by Gasteiger charge is -2.14. The molecule has 3 aromatic rings. The van der Waals surface area contributed by atoms with E-state index in [1.165, 1.54) is 12.1 Å². The number of benzene rings is 3. The minimum atomic E-state index is -1.06. The average molecular weight is 378 g/mol. The van der Waals surface area contributed by atoms with Crippen LogP contribution in [0.4, 0.5) is 0 Å². The number of rotatable bonds is 8. The van der Waals surface area contributed by atoms with Crippen LogP contribution in [0.15, 0.2) is 72.8 Å². The molecular formula is C22H18O6. The molecule has 3 aromatic carbocycles. The Labute approximate surface area is 161 Å². The molecule has 6 nitrogen and oxygen atoms in total. The summed E-state index contributed by atoms with van der Waals surface area (Å²) in [6.45, 7) is 0.314. The fourth-order valence-electron chi connectivity index (χ4n) is 2.69. The summed E-state index contributed by atoms with van der Waals surface area (Å²) in [5.74, 6) is -1.56. The van der Waals surface area contributed by atoms with Gasteiger partial charge in [0.25, 0.3) is 0 Å². The average Bonchev–Trinajstić information content (AvgIpc) is 2.71. The minimum Gasteiger partial charge on any atom is -0.488 e. The van der Waals surface area contributed by atoms with Gasteiger partial charge in [-0.15, -0.1) is 0 Å². The van der Waals surface area contributed by atoms with Gasteiger partial charge in [-0.05, 0) is 35.4 Å². The molecule has 142 valence electrons. The molecule has 0 saturated heterocycles. The molecule has 0 aliphatic rings. The van der Waals surface area contributed by atoms with E-state index in [0.717, 1.165) is 11.1 Å². The van der Waals surface area contributed by atoms with E-state index in [4.69, 9.17) is 9.47 Å². The second-order valence-corrected chi connectivity index (χ2v) is 5.95. The number of carboxylic acids is 2. The van der Waals surface area contributed by atoms with Crippen molar-refractivity contribution in [1.82, 2.24) is 0 Å². The maximum absolute atomic E-state index is 11.3. The van der Waals surface area contributed by atoms with Crippen LogP contribution < -0.4 is 9.47 Å². The molecule has 0 aromatic heterocycles. The van der Waals surface area contributed by atoms with Crippen molar-refractivity contribution in [3.63, 3.8) is 0 Å². The lowest BCUT2D eigenvalue weighted by Crippen LogP contribution is -2.07. The molecule has 0 aliphatic heterocycles. The van der Waals surface area contributed by atoms with Gasteiger partial charge in [-0.1, -0.05) is 48.5 Å². The maximum atomic E-state index is 11.3. The SMILES string of the molecule is O=C(O)c1ccccc1OCc1ccccc1COc1ccccc1C(=O)O. The van der Waals surface area contributed by atoms with Crippen molar-refractivity contribution in [2.75, 3.05) is 0 Å². The summed E-state index contributed by atoms with van der Waals surface area (Å²) in [5.41, 5.74) is 1.81. The monoisotopic (exact) mass is 378 g/mol. The Bertz CT molecular complexity index is 915. The van der Waals surface area contributed by atoms with Crippen molar-refractivity contribution in [2.24, 2.45) is 0 Å². The normalized spacial score (nSPS) is 10.3. The van der Waals surface area contributed by atoms with E-state index in [9.17, 15) is 19.8 Å². The highest BCUT2D eigenvalue weighted by Crippen LogP contribution is 2.22. The first-order chi connectivity index (χ1) is 13.6. The highest BCUT2D eigenvalue weighted by Gasteiger charge is 2.13. The zero-order chi connectivity index (χ0) is 19.9. The van der Waals surface area contributed by atoms with E-state index in [1.54, 1.807) is 36.4 Å². The molecule has 0 aliphatic carbocycles. The second-order valence-electron chi connectivity index (χ2n) is 5.95. The first-order valence-electron chi connectivity index (χ1n) is 8.53. The molecule has 3 rings (SSSR count). The van der Waals surface area contributed by atoms with Crippen LogP contribution in [0.3, 0.4) is 0 Å². The number of carboxylic acid groups (broad SMARTS) is 2. The van der Waals surface area contributed by atoms with Gasteiger partial charge in [-0.2, -0.15) is 0 Å². The van der Waals surface area contributed by atoms with Gasteiger partial charge >= 0.3 is 11.9 Å². The third kappa shape index (κ3) is 4.48. The highest BCUT2D eigenvalue weighted by atomic mass is 16.5. The van der Waals surface area contributed by atoms with Gasteiger partial charge < -0.3 is 19.7 Å². The fraction of sp³-hybridized carbons (Fsp3) is 0.0909.